The zero-order chi connectivity index (χ0) is 14.7. The van der Waals surface area contributed by atoms with Gasteiger partial charge in [-0.05, 0) is 18.3 Å². The Balaban J connectivity index is 3.54. The van der Waals surface area contributed by atoms with Crippen LogP contribution in [0, 0.1) is 11.8 Å². The third-order valence-corrected chi connectivity index (χ3v) is 3.79. The predicted molar refractivity (Wildman–Crippen MR) is 78.4 cm³/mol. The fraction of sp³-hybridized carbons (Fsp3) is 1.00. The molecule has 0 aliphatic heterocycles. The van der Waals surface area contributed by atoms with E-state index in [-0.39, 0.29) is 12.5 Å². The Kier molecular flexibility index (Phi) is 10.6. The molecule has 0 radical (unpaired) electrons. The second-order valence-corrected chi connectivity index (χ2v) is 6.81. The minimum Gasteiger partial charge on any atom is -0.264 e. The molecule has 0 aromatic carbocycles. The lowest BCUT2D eigenvalue weighted by Crippen LogP contribution is -2.14. The van der Waals surface area contributed by atoms with Gasteiger partial charge in [0.25, 0.3) is 0 Å². The highest BCUT2D eigenvalue weighted by molar-refractivity contribution is 7.80. The molecular formula is C14H30O4S. The Morgan fingerprint density at radius 1 is 1.00 bits per heavy atom. The van der Waals surface area contributed by atoms with Crippen molar-refractivity contribution in [2.24, 2.45) is 11.8 Å². The molecule has 0 fully saturated rings. The molecule has 116 valence electrons. The maximum atomic E-state index is 10.5. The lowest BCUT2D eigenvalue weighted by Gasteiger charge is -2.16. The minimum absolute atomic E-state index is 0.0691. The van der Waals surface area contributed by atoms with E-state index < -0.39 is 10.4 Å². The molecule has 0 aromatic rings. The Labute approximate surface area is 118 Å². The molecule has 0 bridgehead atoms. The van der Waals surface area contributed by atoms with Crippen LogP contribution in [0.25, 0.3) is 0 Å². The first-order chi connectivity index (χ1) is 8.85. The van der Waals surface area contributed by atoms with Crippen molar-refractivity contribution in [3.8, 4) is 0 Å². The largest absolute Gasteiger partial charge is 0.397 e. The maximum absolute atomic E-state index is 10.5. The number of rotatable bonds is 12. The monoisotopic (exact) mass is 294 g/mol. The van der Waals surface area contributed by atoms with Gasteiger partial charge in [-0.1, -0.05) is 65.7 Å². The van der Waals surface area contributed by atoms with Crippen LogP contribution in [0.2, 0.25) is 0 Å². The molecule has 0 aromatic heterocycles. The molecule has 4 nitrogen and oxygen atoms in total. The Morgan fingerprint density at radius 2 is 1.58 bits per heavy atom. The summed E-state index contributed by atoms with van der Waals surface area (Å²) in [4.78, 5) is 0. The van der Waals surface area contributed by atoms with Crippen LogP contribution in [0.5, 0.6) is 0 Å². The fourth-order valence-electron chi connectivity index (χ4n) is 2.35. The summed E-state index contributed by atoms with van der Waals surface area (Å²) in [6.45, 7) is 6.43. The van der Waals surface area contributed by atoms with Crippen LogP contribution in [0.1, 0.15) is 72.1 Å². The van der Waals surface area contributed by atoms with Gasteiger partial charge in [0.1, 0.15) is 0 Å². The molecule has 0 heterocycles. The standard InChI is InChI=1S/C14H30O4S/c1-4-5-6-7-8-9-10-13(2)11-14(3)12-18-19(15,16)17/h13-14H,4-12H2,1-3H3,(H,15,16,17). The van der Waals surface area contributed by atoms with Crippen molar-refractivity contribution in [1.82, 2.24) is 0 Å². The van der Waals surface area contributed by atoms with Gasteiger partial charge in [0, 0.05) is 0 Å². The zero-order valence-corrected chi connectivity index (χ0v) is 13.4. The van der Waals surface area contributed by atoms with Crippen molar-refractivity contribution >= 4 is 10.4 Å². The van der Waals surface area contributed by atoms with Gasteiger partial charge in [-0.3, -0.25) is 4.55 Å². The van der Waals surface area contributed by atoms with Gasteiger partial charge in [0.15, 0.2) is 0 Å². The van der Waals surface area contributed by atoms with E-state index in [1.165, 1.54) is 44.9 Å². The minimum atomic E-state index is -4.28. The van der Waals surface area contributed by atoms with Gasteiger partial charge in [0.2, 0.25) is 0 Å². The third kappa shape index (κ3) is 14.1. The molecule has 0 aliphatic carbocycles. The van der Waals surface area contributed by atoms with Gasteiger partial charge < -0.3 is 0 Å². The average Bonchev–Trinajstić information content (AvgIpc) is 2.30. The van der Waals surface area contributed by atoms with E-state index in [2.05, 4.69) is 18.0 Å². The highest BCUT2D eigenvalue weighted by Gasteiger charge is 2.12. The molecule has 0 aliphatic rings. The van der Waals surface area contributed by atoms with E-state index in [0.717, 1.165) is 6.42 Å². The van der Waals surface area contributed by atoms with Crippen molar-refractivity contribution in [2.45, 2.75) is 72.1 Å². The highest BCUT2D eigenvalue weighted by Crippen LogP contribution is 2.19. The van der Waals surface area contributed by atoms with Gasteiger partial charge in [-0.2, -0.15) is 8.42 Å². The van der Waals surface area contributed by atoms with Crippen LogP contribution in [0.15, 0.2) is 0 Å². The molecule has 0 rings (SSSR count). The van der Waals surface area contributed by atoms with Crippen LogP contribution >= 0.6 is 0 Å². The van der Waals surface area contributed by atoms with E-state index in [1.807, 2.05) is 6.92 Å². The molecule has 1 N–H and O–H groups in total. The van der Waals surface area contributed by atoms with E-state index >= 15 is 0 Å². The van der Waals surface area contributed by atoms with E-state index in [0.29, 0.717) is 5.92 Å². The van der Waals surface area contributed by atoms with Crippen LogP contribution in [-0.4, -0.2) is 19.6 Å². The van der Waals surface area contributed by atoms with Crippen LogP contribution in [0.4, 0.5) is 0 Å². The van der Waals surface area contributed by atoms with Crippen molar-refractivity contribution in [1.29, 1.82) is 0 Å². The quantitative estimate of drug-likeness (QED) is 0.432. The summed E-state index contributed by atoms with van der Waals surface area (Å²) in [7, 11) is -4.28. The van der Waals surface area contributed by atoms with E-state index in [9.17, 15) is 8.42 Å². The second kappa shape index (κ2) is 10.6. The lowest BCUT2D eigenvalue weighted by molar-refractivity contribution is 0.210. The summed E-state index contributed by atoms with van der Waals surface area (Å²) in [5.41, 5.74) is 0. The second-order valence-electron chi connectivity index (χ2n) is 5.71. The molecule has 0 spiro atoms. The molecular weight excluding hydrogens is 264 g/mol. The van der Waals surface area contributed by atoms with Crippen molar-refractivity contribution in [3.63, 3.8) is 0 Å². The smallest absolute Gasteiger partial charge is 0.264 e. The average molecular weight is 294 g/mol. The molecule has 2 unspecified atom stereocenters. The summed E-state index contributed by atoms with van der Waals surface area (Å²) in [5.74, 6) is 0.725. The SMILES string of the molecule is CCCCCCCCC(C)CC(C)COS(=O)(=O)O. The van der Waals surface area contributed by atoms with Gasteiger partial charge in [-0.15, -0.1) is 0 Å². The summed E-state index contributed by atoms with van der Waals surface area (Å²) in [6, 6.07) is 0. The van der Waals surface area contributed by atoms with Gasteiger partial charge >= 0.3 is 10.4 Å². The molecule has 0 saturated carbocycles. The number of unbranched alkanes of at least 4 members (excludes halogenated alkanes) is 5. The number of hydrogen-bond acceptors (Lipinski definition) is 3. The normalized spacial score (nSPS) is 15.4. The van der Waals surface area contributed by atoms with Crippen molar-refractivity contribution < 1.29 is 17.2 Å². The number of hydrogen-bond donors (Lipinski definition) is 1. The Hall–Kier alpha value is -0.130. The molecule has 0 amide bonds. The topological polar surface area (TPSA) is 63.6 Å². The molecule has 19 heavy (non-hydrogen) atoms. The van der Waals surface area contributed by atoms with Crippen molar-refractivity contribution in [2.75, 3.05) is 6.61 Å². The van der Waals surface area contributed by atoms with Gasteiger partial charge in [-0.25, -0.2) is 4.18 Å². The summed E-state index contributed by atoms with van der Waals surface area (Å²) in [5, 5.41) is 0. The van der Waals surface area contributed by atoms with Gasteiger partial charge in [0.05, 0.1) is 6.61 Å². The van der Waals surface area contributed by atoms with E-state index in [1.54, 1.807) is 0 Å². The first-order valence-electron chi connectivity index (χ1n) is 7.47. The summed E-state index contributed by atoms with van der Waals surface area (Å²) < 4.78 is 33.8. The maximum Gasteiger partial charge on any atom is 0.397 e. The lowest BCUT2D eigenvalue weighted by atomic mass is 9.93. The molecule has 2 atom stereocenters. The summed E-state index contributed by atoms with van der Waals surface area (Å²) in [6.07, 6.45) is 9.93. The van der Waals surface area contributed by atoms with Crippen LogP contribution in [-0.2, 0) is 14.6 Å². The molecule has 0 saturated heterocycles. The Morgan fingerprint density at radius 3 is 2.16 bits per heavy atom. The predicted octanol–water partition coefficient (Wildman–Crippen LogP) is 4.22. The third-order valence-electron chi connectivity index (χ3n) is 3.36. The van der Waals surface area contributed by atoms with E-state index in [4.69, 9.17) is 4.55 Å². The van der Waals surface area contributed by atoms with Crippen LogP contribution < -0.4 is 0 Å². The van der Waals surface area contributed by atoms with Crippen LogP contribution in [0.3, 0.4) is 0 Å². The summed E-state index contributed by atoms with van der Waals surface area (Å²) >= 11 is 0. The Bertz CT molecular complexity index is 301. The zero-order valence-electron chi connectivity index (χ0n) is 12.6. The fourth-order valence-corrected chi connectivity index (χ4v) is 2.75. The first-order valence-corrected chi connectivity index (χ1v) is 8.83. The first kappa shape index (κ1) is 18.9. The highest BCUT2D eigenvalue weighted by atomic mass is 32.3. The molecule has 5 heteroatoms. The van der Waals surface area contributed by atoms with Crippen molar-refractivity contribution in [3.05, 3.63) is 0 Å².